The summed E-state index contributed by atoms with van der Waals surface area (Å²) in [4.78, 5) is 0.0803. The lowest BCUT2D eigenvalue weighted by molar-refractivity contribution is -0.0193. The van der Waals surface area contributed by atoms with E-state index in [9.17, 15) is 13.5 Å². The van der Waals surface area contributed by atoms with Gasteiger partial charge in [-0.25, -0.2) is 4.18 Å². The second-order valence-electron chi connectivity index (χ2n) is 5.73. The average molecular weight is 328 g/mol. The Labute approximate surface area is 134 Å². The molecule has 0 radical (unpaired) electrons. The number of aliphatic hydroxyl groups is 1. The highest BCUT2D eigenvalue weighted by molar-refractivity contribution is 7.86. The number of benzene rings is 1. The highest BCUT2D eigenvalue weighted by atomic mass is 32.2. The number of aliphatic hydroxyl groups excluding tert-OH is 1. The molecule has 5 heteroatoms. The minimum absolute atomic E-state index is 0.0803. The number of hydrogen-bond donors (Lipinski definition) is 1. The van der Waals surface area contributed by atoms with E-state index < -0.39 is 16.4 Å². The van der Waals surface area contributed by atoms with Crippen molar-refractivity contribution in [1.29, 1.82) is 0 Å². The molecule has 0 saturated heterocycles. The topological polar surface area (TPSA) is 63.6 Å². The fraction of sp³-hybridized carbons (Fsp3) is 0.647. The van der Waals surface area contributed by atoms with Crippen LogP contribution < -0.4 is 0 Å². The zero-order valence-electron chi connectivity index (χ0n) is 13.6. The SMILES string of the molecule is CCCCCCCCCC(O)OS(=O)(=O)c1ccc(C)cc1. The maximum atomic E-state index is 12.0. The van der Waals surface area contributed by atoms with Gasteiger partial charge in [-0.2, -0.15) is 8.42 Å². The summed E-state index contributed by atoms with van der Waals surface area (Å²) in [5.41, 5.74) is 0.975. The molecule has 22 heavy (non-hydrogen) atoms. The Balaban J connectivity index is 2.29. The standard InChI is InChI=1S/C17H28O4S/c1-3-4-5-6-7-8-9-10-17(18)21-22(19,20)16-13-11-15(2)12-14-16/h11-14,17-18H,3-10H2,1-2H3. The summed E-state index contributed by atoms with van der Waals surface area (Å²) in [6, 6.07) is 6.40. The van der Waals surface area contributed by atoms with Gasteiger partial charge in [-0.1, -0.05) is 63.1 Å². The van der Waals surface area contributed by atoms with Crippen LogP contribution in [0, 0.1) is 6.92 Å². The largest absolute Gasteiger partial charge is 0.367 e. The highest BCUT2D eigenvalue weighted by Crippen LogP contribution is 2.17. The lowest BCUT2D eigenvalue weighted by atomic mass is 10.1. The predicted molar refractivity (Wildman–Crippen MR) is 88.1 cm³/mol. The van der Waals surface area contributed by atoms with Gasteiger partial charge < -0.3 is 5.11 Å². The molecule has 0 amide bonds. The van der Waals surface area contributed by atoms with Crippen LogP contribution in [0.5, 0.6) is 0 Å². The predicted octanol–water partition coefficient (Wildman–Crippen LogP) is 4.16. The third kappa shape index (κ3) is 7.38. The van der Waals surface area contributed by atoms with Crippen LogP contribution in [0.1, 0.15) is 63.9 Å². The Morgan fingerprint density at radius 3 is 2.14 bits per heavy atom. The zero-order valence-corrected chi connectivity index (χ0v) is 14.4. The molecule has 0 aliphatic carbocycles. The van der Waals surface area contributed by atoms with Crippen molar-refractivity contribution in [2.45, 2.75) is 76.4 Å². The van der Waals surface area contributed by atoms with Crippen LogP contribution in [0.2, 0.25) is 0 Å². The zero-order chi connectivity index (χ0) is 16.4. The van der Waals surface area contributed by atoms with E-state index in [1.165, 1.54) is 37.8 Å². The van der Waals surface area contributed by atoms with E-state index in [4.69, 9.17) is 4.18 Å². The first-order chi connectivity index (χ1) is 10.5. The third-order valence-electron chi connectivity index (χ3n) is 3.60. The van der Waals surface area contributed by atoms with Gasteiger partial charge in [0.2, 0.25) is 0 Å². The minimum atomic E-state index is -3.88. The molecule has 1 aromatic rings. The van der Waals surface area contributed by atoms with E-state index >= 15 is 0 Å². The van der Waals surface area contributed by atoms with Crippen LogP contribution in [-0.2, 0) is 14.3 Å². The van der Waals surface area contributed by atoms with Gasteiger partial charge in [0.05, 0.1) is 4.90 Å². The fourth-order valence-corrected chi connectivity index (χ4v) is 3.20. The van der Waals surface area contributed by atoms with E-state index in [0.29, 0.717) is 6.42 Å². The molecule has 0 spiro atoms. The van der Waals surface area contributed by atoms with E-state index in [1.54, 1.807) is 12.1 Å². The third-order valence-corrected chi connectivity index (χ3v) is 4.93. The summed E-state index contributed by atoms with van der Waals surface area (Å²) in [6.45, 7) is 4.06. The van der Waals surface area contributed by atoms with Crippen LogP contribution in [0.3, 0.4) is 0 Å². The maximum absolute atomic E-state index is 12.0. The van der Waals surface area contributed by atoms with E-state index in [0.717, 1.165) is 24.8 Å². The summed E-state index contributed by atoms with van der Waals surface area (Å²) in [7, 11) is -3.88. The second-order valence-corrected chi connectivity index (χ2v) is 7.30. The molecule has 1 N–H and O–H groups in total. The van der Waals surface area contributed by atoms with Crippen molar-refractivity contribution < 1.29 is 17.7 Å². The van der Waals surface area contributed by atoms with Crippen molar-refractivity contribution in [1.82, 2.24) is 0 Å². The van der Waals surface area contributed by atoms with Crippen LogP contribution in [0.4, 0.5) is 0 Å². The van der Waals surface area contributed by atoms with E-state index in [-0.39, 0.29) is 4.90 Å². The molecule has 1 unspecified atom stereocenters. The number of aryl methyl sites for hydroxylation is 1. The molecule has 126 valence electrons. The minimum Gasteiger partial charge on any atom is -0.367 e. The molecule has 0 heterocycles. The van der Waals surface area contributed by atoms with Gasteiger partial charge >= 0.3 is 0 Å². The van der Waals surface area contributed by atoms with Crippen molar-refractivity contribution in [3.63, 3.8) is 0 Å². The van der Waals surface area contributed by atoms with Gasteiger partial charge in [0.25, 0.3) is 10.1 Å². The van der Waals surface area contributed by atoms with Crippen molar-refractivity contribution in [2.75, 3.05) is 0 Å². The van der Waals surface area contributed by atoms with Gasteiger partial charge in [-0.3, -0.25) is 0 Å². The normalized spacial score (nSPS) is 13.2. The first-order valence-corrected chi connectivity index (χ1v) is 9.54. The van der Waals surface area contributed by atoms with Gasteiger partial charge in [-0.05, 0) is 31.9 Å². The van der Waals surface area contributed by atoms with Gasteiger partial charge in [-0.15, -0.1) is 0 Å². The van der Waals surface area contributed by atoms with Crippen LogP contribution in [0.15, 0.2) is 29.2 Å². The van der Waals surface area contributed by atoms with Crippen molar-refractivity contribution in [2.24, 2.45) is 0 Å². The Morgan fingerprint density at radius 2 is 1.55 bits per heavy atom. The van der Waals surface area contributed by atoms with Crippen LogP contribution in [0.25, 0.3) is 0 Å². The Bertz CT molecular complexity index is 508. The molecule has 0 aliphatic heterocycles. The maximum Gasteiger partial charge on any atom is 0.299 e. The lowest BCUT2D eigenvalue weighted by Crippen LogP contribution is -2.18. The summed E-state index contributed by atoms with van der Waals surface area (Å²) in [5, 5.41) is 9.74. The summed E-state index contributed by atoms with van der Waals surface area (Å²) >= 11 is 0. The van der Waals surface area contributed by atoms with Gasteiger partial charge in [0.15, 0.2) is 6.29 Å². The molecule has 0 aromatic heterocycles. The molecule has 0 aliphatic rings. The van der Waals surface area contributed by atoms with Crippen molar-refractivity contribution in [3.8, 4) is 0 Å². The molecule has 1 aromatic carbocycles. The fourth-order valence-electron chi connectivity index (χ4n) is 2.23. The number of rotatable bonds is 11. The summed E-state index contributed by atoms with van der Waals surface area (Å²) in [5.74, 6) is 0. The van der Waals surface area contributed by atoms with E-state index in [1.807, 2.05) is 6.92 Å². The second kappa shape index (κ2) is 9.98. The quantitative estimate of drug-likeness (QED) is 0.376. The van der Waals surface area contributed by atoms with Crippen LogP contribution in [-0.4, -0.2) is 19.8 Å². The molecule has 0 bridgehead atoms. The number of unbranched alkanes of at least 4 members (excludes halogenated alkanes) is 6. The molecule has 0 fully saturated rings. The monoisotopic (exact) mass is 328 g/mol. The number of hydrogen-bond acceptors (Lipinski definition) is 4. The van der Waals surface area contributed by atoms with Crippen LogP contribution >= 0.6 is 0 Å². The first-order valence-electron chi connectivity index (χ1n) is 8.13. The Kier molecular flexibility index (Phi) is 8.68. The van der Waals surface area contributed by atoms with Crippen molar-refractivity contribution in [3.05, 3.63) is 29.8 Å². The Morgan fingerprint density at radius 1 is 1.00 bits per heavy atom. The van der Waals surface area contributed by atoms with E-state index in [2.05, 4.69) is 6.92 Å². The molecular weight excluding hydrogens is 300 g/mol. The average Bonchev–Trinajstić information content (AvgIpc) is 2.46. The molecule has 0 saturated carbocycles. The van der Waals surface area contributed by atoms with Gasteiger partial charge in [0.1, 0.15) is 0 Å². The molecule has 1 atom stereocenters. The Hall–Kier alpha value is -0.910. The molecular formula is C17H28O4S. The summed E-state index contributed by atoms with van der Waals surface area (Å²) < 4.78 is 28.8. The van der Waals surface area contributed by atoms with Gasteiger partial charge in [0, 0.05) is 0 Å². The summed E-state index contributed by atoms with van der Waals surface area (Å²) in [6.07, 6.45) is 6.91. The molecule has 1 rings (SSSR count). The first kappa shape index (κ1) is 19.1. The highest BCUT2D eigenvalue weighted by Gasteiger charge is 2.19. The lowest BCUT2D eigenvalue weighted by Gasteiger charge is -2.12. The smallest absolute Gasteiger partial charge is 0.299 e. The van der Waals surface area contributed by atoms with Crippen molar-refractivity contribution >= 4 is 10.1 Å². The molecule has 4 nitrogen and oxygen atoms in total.